The van der Waals surface area contributed by atoms with Gasteiger partial charge in [-0.25, -0.2) is 0 Å². The van der Waals surface area contributed by atoms with Crippen molar-refractivity contribution < 1.29 is 4.79 Å². The van der Waals surface area contributed by atoms with Crippen LogP contribution in [0.3, 0.4) is 0 Å². The van der Waals surface area contributed by atoms with Crippen molar-refractivity contribution in [3.05, 3.63) is 0 Å². The standard InChI is InChI=1S/C12H21ClN2O/c1-8(13)12(16)14-7-9-5-10-3-4-11(6-9)15(10)2/h8-11H,3-7H2,1-2H3,(H,14,16). The normalized spacial score (nSPS) is 36.1. The molecule has 2 fully saturated rings. The molecule has 0 saturated carbocycles. The molecule has 3 nitrogen and oxygen atoms in total. The highest BCUT2D eigenvalue weighted by molar-refractivity contribution is 6.30. The summed E-state index contributed by atoms with van der Waals surface area (Å²) in [5.41, 5.74) is 0. The summed E-state index contributed by atoms with van der Waals surface area (Å²) in [6.45, 7) is 2.52. The van der Waals surface area contributed by atoms with Gasteiger partial charge in [-0.1, -0.05) is 0 Å². The Bertz CT molecular complexity index is 256. The first kappa shape index (κ1) is 12.2. The van der Waals surface area contributed by atoms with Gasteiger partial charge in [0.25, 0.3) is 0 Å². The largest absolute Gasteiger partial charge is 0.355 e. The van der Waals surface area contributed by atoms with Crippen molar-refractivity contribution in [2.45, 2.75) is 50.1 Å². The molecule has 1 amide bonds. The number of amides is 1. The monoisotopic (exact) mass is 244 g/mol. The van der Waals surface area contributed by atoms with E-state index in [1.54, 1.807) is 6.92 Å². The topological polar surface area (TPSA) is 32.3 Å². The second kappa shape index (κ2) is 4.92. The van der Waals surface area contributed by atoms with Crippen LogP contribution in [0.25, 0.3) is 0 Å². The van der Waals surface area contributed by atoms with Gasteiger partial charge in [-0.15, -0.1) is 11.6 Å². The molecular formula is C12H21ClN2O. The first-order valence-corrected chi connectivity index (χ1v) is 6.65. The van der Waals surface area contributed by atoms with Crippen LogP contribution in [0.2, 0.25) is 0 Å². The van der Waals surface area contributed by atoms with E-state index >= 15 is 0 Å². The summed E-state index contributed by atoms with van der Waals surface area (Å²) in [5.74, 6) is 0.612. The van der Waals surface area contributed by atoms with E-state index in [1.165, 1.54) is 25.7 Å². The molecule has 16 heavy (non-hydrogen) atoms. The lowest BCUT2D eigenvalue weighted by Crippen LogP contribution is -2.44. The van der Waals surface area contributed by atoms with Gasteiger partial charge in [-0.2, -0.15) is 0 Å². The fourth-order valence-corrected chi connectivity index (χ4v) is 3.15. The molecule has 2 aliphatic rings. The minimum atomic E-state index is -0.414. The van der Waals surface area contributed by atoms with Crippen molar-refractivity contribution in [1.29, 1.82) is 0 Å². The quantitative estimate of drug-likeness (QED) is 0.765. The average molecular weight is 245 g/mol. The van der Waals surface area contributed by atoms with E-state index in [1.807, 2.05) is 0 Å². The molecule has 2 aliphatic heterocycles. The zero-order valence-corrected chi connectivity index (χ0v) is 10.8. The van der Waals surface area contributed by atoms with Crippen LogP contribution in [0.1, 0.15) is 32.6 Å². The zero-order valence-electron chi connectivity index (χ0n) is 10.1. The molecule has 2 bridgehead atoms. The van der Waals surface area contributed by atoms with Crippen molar-refractivity contribution in [2.24, 2.45) is 5.92 Å². The minimum absolute atomic E-state index is 0.0343. The maximum atomic E-state index is 11.4. The van der Waals surface area contributed by atoms with Crippen LogP contribution in [-0.4, -0.2) is 41.9 Å². The molecule has 0 aromatic carbocycles. The van der Waals surface area contributed by atoms with Gasteiger partial charge in [0.1, 0.15) is 5.38 Å². The van der Waals surface area contributed by atoms with Crippen LogP contribution in [0.4, 0.5) is 0 Å². The van der Waals surface area contributed by atoms with Gasteiger partial charge in [0.15, 0.2) is 0 Å². The maximum absolute atomic E-state index is 11.4. The summed E-state index contributed by atoms with van der Waals surface area (Å²) in [4.78, 5) is 13.9. The number of carbonyl (C=O) groups is 1. The maximum Gasteiger partial charge on any atom is 0.237 e. The molecule has 2 saturated heterocycles. The third kappa shape index (κ3) is 2.51. The van der Waals surface area contributed by atoms with Gasteiger partial charge in [-0.3, -0.25) is 4.79 Å². The van der Waals surface area contributed by atoms with Crippen molar-refractivity contribution in [3.8, 4) is 0 Å². The third-order valence-electron chi connectivity index (χ3n) is 4.12. The van der Waals surface area contributed by atoms with E-state index in [4.69, 9.17) is 11.6 Å². The predicted molar refractivity (Wildman–Crippen MR) is 65.6 cm³/mol. The van der Waals surface area contributed by atoms with Crippen LogP contribution in [0, 0.1) is 5.92 Å². The smallest absolute Gasteiger partial charge is 0.237 e. The molecule has 3 unspecified atom stereocenters. The zero-order chi connectivity index (χ0) is 11.7. The summed E-state index contributed by atoms with van der Waals surface area (Å²) in [6.07, 6.45) is 5.11. The van der Waals surface area contributed by atoms with Crippen molar-refractivity contribution in [2.75, 3.05) is 13.6 Å². The van der Waals surface area contributed by atoms with E-state index in [0.29, 0.717) is 5.92 Å². The Balaban J connectivity index is 1.78. The summed E-state index contributed by atoms with van der Waals surface area (Å²) < 4.78 is 0. The molecule has 0 radical (unpaired) electrons. The Hall–Kier alpha value is -0.280. The Kier molecular flexibility index (Phi) is 3.75. The number of carbonyl (C=O) groups excluding carboxylic acids is 1. The number of hydrogen-bond donors (Lipinski definition) is 1. The van der Waals surface area contributed by atoms with E-state index in [9.17, 15) is 4.79 Å². The first-order chi connectivity index (χ1) is 7.58. The average Bonchev–Trinajstić information content (AvgIpc) is 2.51. The molecule has 1 N–H and O–H groups in total. The molecule has 4 heteroatoms. The van der Waals surface area contributed by atoms with Gasteiger partial charge in [0, 0.05) is 18.6 Å². The van der Waals surface area contributed by atoms with Crippen LogP contribution < -0.4 is 5.32 Å². The van der Waals surface area contributed by atoms with Gasteiger partial charge in [0.05, 0.1) is 0 Å². The Labute approximate surface area is 103 Å². The number of alkyl halides is 1. The molecule has 2 heterocycles. The second-order valence-electron chi connectivity index (χ2n) is 5.25. The van der Waals surface area contributed by atoms with Crippen molar-refractivity contribution >= 4 is 17.5 Å². The third-order valence-corrected chi connectivity index (χ3v) is 4.32. The van der Waals surface area contributed by atoms with Crippen LogP contribution in [0.5, 0.6) is 0 Å². The van der Waals surface area contributed by atoms with Gasteiger partial charge in [0.2, 0.25) is 5.91 Å². The molecule has 0 aliphatic carbocycles. The van der Waals surface area contributed by atoms with Crippen LogP contribution in [-0.2, 0) is 4.79 Å². The van der Waals surface area contributed by atoms with E-state index in [-0.39, 0.29) is 5.91 Å². The predicted octanol–water partition coefficient (Wildman–Crippen LogP) is 1.60. The highest BCUT2D eigenvalue weighted by Gasteiger charge is 2.38. The fourth-order valence-electron chi connectivity index (χ4n) is 3.08. The lowest BCUT2D eigenvalue weighted by molar-refractivity contribution is -0.120. The molecule has 0 aromatic heterocycles. The summed E-state index contributed by atoms with van der Waals surface area (Å²) in [5, 5.41) is 2.53. The first-order valence-electron chi connectivity index (χ1n) is 6.21. The molecule has 0 spiro atoms. The number of hydrogen-bond acceptors (Lipinski definition) is 2. The highest BCUT2D eigenvalue weighted by Crippen LogP contribution is 2.36. The Morgan fingerprint density at radius 2 is 2.00 bits per heavy atom. The van der Waals surface area contributed by atoms with E-state index < -0.39 is 5.38 Å². The lowest BCUT2D eigenvalue weighted by Gasteiger charge is -2.36. The highest BCUT2D eigenvalue weighted by atomic mass is 35.5. The molecule has 92 valence electrons. The van der Waals surface area contributed by atoms with E-state index in [0.717, 1.165) is 18.6 Å². The van der Waals surface area contributed by atoms with Crippen LogP contribution in [0.15, 0.2) is 0 Å². The van der Waals surface area contributed by atoms with Crippen LogP contribution >= 0.6 is 11.6 Å². The fraction of sp³-hybridized carbons (Fsp3) is 0.917. The van der Waals surface area contributed by atoms with Gasteiger partial charge in [-0.05, 0) is 45.6 Å². The van der Waals surface area contributed by atoms with E-state index in [2.05, 4.69) is 17.3 Å². The Morgan fingerprint density at radius 3 is 2.50 bits per heavy atom. The second-order valence-corrected chi connectivity index (χ2v) is 5.90. The SMILES string of the molecule is CC(Cl)C(=O)NCC1CC2CCC(C1)N2C. The molecule has 3 atom stereocenters. The number of rotatable bonds is 3. The molecular weight excluding hydrogens is 224 g/mol. The summed E-state index contributed by atoms with van der Waals surface area (Å²) in [6, 6.07) is 1.49. The van der Waals surface area contributed by atoms with Gasteiger partial charge >= 0.3 is 0 Å². The molecule has 2 rings (SSSR count). The summed E-state index contributed by atoms with van der Waals surface area (Å²) >= 11 is 5.72. The number of piperidine rings is 1. The van der Waals surface area contributed by atoms with Crippen molar-refractivity contribution in [3.63, 3.8) is 0 Å². The minimum Gasteiger partial charge on any atom is -0.355 e. The van der Waals surface area contributed by atoms with Gasteiger partial charge < -0.3 is 10.2 Å². The lowest BCUT2D eigenvalue weighted by atomic mass is 9.91. The summed E-state index contributed by atoms with van der Waals surface area (Å²) in [7, 11) is 2.23. The molecule has 0 aromatic rings. The number of nitrogens with zero attached hydrogens (tertiary/aromatic N) is 1. The Morgan fingerprint density at radius 1 is 1.44 bits per heavy atom. The number of nitrogens with one attached hydrogen (secondary N) is 1. The van der Waals surface area contributed by atoms with Crippen molar-refractivity contribution in [1.82, 2.24) is 10.2 Å². The number of fused-ring (bicyclic) bond motifs is 2. The number of halogens is 1.